The maximum absolute atomic E-state index is 13.2. The number of aromatic carboxylic acids is 1. The number of imide groups is 1. The predicted octanol–water partition coefficient (Wildman–Crippen LogP) is 2.05. The van der Waals surface area contributed by atoms with Gasteiger partial charge in [0.05, 0.1) is 16.8 Å². The third-order valence-corrected chi connectivity index (χ3v) is 3.56. The molecule has 0 heterocycles. The van der Waals surface area contributed by atoms with Gasteiger partial charge in [-0.1, -0.05) is 12.1 Å². The number of benzene rings is 2. The van der Waals surface area contributed by atoms with Crippen molar-refractivity contribution < 1.29 is 23.9 Å². The summed E-state index contributed by atoms with van der Waals surface area (Å²) in [5, 5.41) is 13.5. The van der Waals surface area contributed by atoms with E-state index in [2.05, 4.69) is 10.6 Å². The maximum atomic E-state index is 13.2. The van der Waals surface area contributed by atoms with E-state index in [0.717, 1.165) is 5.56 Å². The Labute approximate surface area is 142 Å². The van der Waals surface area contributed by atoms with Crippen LogP contribution in [0.5, 0.6) is 0 Å². The topological polar surface area (TPSA) is 122 Å². The zero-order valence-corrected chi connectivity index (χ0v) is 13.3. The molecule has 0 aliphatic rings. The largest absolute Gasteiger partial charge is 0.478 e. The van der Waals surface area contributed by atoms with E-state index in [4.69, 9.17) is 10.8 Å². The summed E-state index contributed by atoms with van der Waals surface area (Å²) in [6, 6.07) is 7.26. The van der Waals surface area contributed by atoms with Crippen LogP contribution < -0.4 is 16.4 Å². The lowest BCUT2D eigenvalue weighted by Gasteiger charge is -2.11. The quantitative estimate of drug-likeness (QED) is 0.632. The highest BCUT2D eigenvalue weighted by Crippen LogP contribution is 2.17. The minimum Gasteiger partial charge on any atom is -0.478 e. The molecule has 5 N–H and O–H groups in total. The van der Waals surface area contributed by atoms with Gasteiger partial charge in [0.15, 0.2) is 0 Å². The van der Waals surface area contributed by atoms with Crippen molar-refractivity contribution in [1.29, 1.82) is 0 Å². The van der Waals surface area contributed by atoms with Gasteiger partial charge >= 0.3 is 12.0 Å². The normalized spacial score (nSPS) is 10.2. The molecule has 0 fully saturated rings. The summed E-state index contributed by atoms with van der Waals surface area (Å²) in [5.74, 6) is -2.55. The molecule has 25 heavy (non-hydrogen) atoms. The van der Waals surface area contributed by atoms with E-state index in [1.807, 2.05) is 0 Å². The lowest BCUT2D eigenvalue weighted by Crippen LogP contribution is -2.39. The van der Waals surface area contributed by atoms with Crippen molar-refractivity contribution in [3.63, 3.8) is 0 Å². The van der Waals surface area contributed by atoms with E-state index in [-0.39, 0.29) is 23.4 Å². The molecule has 3 amide bonds. The number of nitrogens with two attached hydrogens (primary N) is 1. The Balaban J connectivity index is 2.03. The van der Waals surface area contributed by atoms with Gasteiger partial charge in [0.25, 0.3) is 5.91 Å². The molecule has 0 aliphatic heterocycles. The van der Waals surface area contributed by atoms with Gasteiger partial charge < -0.3 is 16.2 Å². The Hall–Kier alpha value is -3.42. The van der Waals surface area contributed by atoms with Crippen LogP contribution in [0.3, 0.4) is 0 Å². The van der Waals surface area contributed by atoms with Crippen molar-refractivity contribution in [2.75, 3.05) is 5.73 Å². The molecule has 0 aliphatic carbocycles. The standard InChI is InChI=1S/C17H16FN3O4/c1-9-5-6-11(18)7-10(9)8-20-17(25)21-15(22)12-3-2-4-13(14(12)19)16(23)24/h2-7H,8,19H2,1H3,(H,23,24)(H2,20,21,22,25). The molecule has 0 atom stereocenters. The summed E-state index contributed by atoms with van der Waals surface area (Å²) in [4.78, 5) is 34.9. The van der Waals surface area contributed by atoms with Crippen LogP contribution in [-0.4, -0.2) is 23.0 Å². The van der Waals surface area contributed by atoms with E-state index in [9.17, 15) is 18.8 Å². The van der Waals surface area contributed by atoms with Crippen molar-refractivity contribution in [3.05, 3.63) is 64.5 Å². The second-order valence-electron chi connectivity index (χ2n) is 5.28. The number of aryl methyl sites for hydroxylation is 1. The molecule has 2 rings (SSSR count). The molecule has 2 aromatic carbocycles. The van der Waals surface area contributed by atoms with E-state index in [0.29, 0.717) is 5.56 Å². The van der Waals surface area contributed by atoms with Gasteiger partial charge in [-0.25, -0.2) is 14.0 Å². The lowest BCUT2D eigenvalue weighted by molar-refractivity contribution is 0.0698. The Morgan fingerprint density at radius 2 is 1.84 bits per heavy atom. The first-order valence-electron chi connectivity index (χ1n) is 7.25. The molecular weight excluding hydrogens is 329 g/mol. The van der Waals surface area contributed by atoms with Gasteiger partial charge in [-0.15, -0.1) is 0 Å². The second-order valence-corrected chi connectivity index (χ2v) is 5.28. The first-order valence-corrected chi connectivity index (χ1v) is 7.25. The molecule has 8 heteroatoms. The SMILES string of the molecule is Cc1ccc(F)cc1CNC(=O)NC(=O)c1cccc(C(=O)O)c1N. The van der Waals surface area contributed by atoms with Crippen LogP contribution in [0.2, 0.25) is 0 Å². The Morgan fingerprint density at radius 3 is 2.52 bits per heavy atom. The summed E-state index contributed by atoms with van der Waals surface area (Å²) in [6.45, 7) is 1.78. The molecule has 0 aromatic heterocycles. The number of carboxylic acids is 1. The Bertz CT molecular complexity index is 852. The van der Waals surface area contributed by atoms with Crippen LogP contribution in [-0.2, 0) is 6.54 Å². The summed E-state index contributed by atoms with van der Waals surface area (Å²) in [7, 11) is 0. The zero-order valence-electron chi connectivity index (χ0n) is 13.3. The van der Waals surface area contributed by atoms with Crippen molar-refractivity contribution >= 4 is 23.6 Å². The van der Waals surface area contributed by atoms with Crippen LogP contribution in [0, 0.1) is 12.7 Å². The van der Waals surface area contributed by atoms with Gasteiger partial charge in [-0.2, -0.15) is 0 Å². The second kappa shape index (κ2) is 7.43. The number of para-hydroxylation sites is 1. The molecule has 0 spiro atoms. The monoisotopic (exact) mass is 345 g/mol. The average Bonchev–Trinajstić information content (AvgIpc) is 2.55. The first kappa shape index (κ1) is 17.9. The van der Waals surface area contributed by atoms with Crippen LogP contribution in [0.1, 0.15) is 31.8 Å². The molecule has 0 bridgehead atoms. The summed E-state index contributed by atoms with van der Waals surface area (Å²) >= 11 is 0. The van der Waals surface area contributed by atoms with E-state index in [1.165, 1.54) is 30.3 Å². The smallest absolute Gasteiger partial charge is 0.337 e. The molecule has 0 saturated carbocycles. The summed E-state index contributed by atoms with van der Waals surface area (Å²) in [6.07, 6.45) is 0. The van der Waals surface area contributed by atoms with Gasteiger partial charge in [-0.05, 0) is 42.3 Å². The Morgan fingerprint density at radius 1 is 1.16 bits per heavy atom. The molecule has 2 aromatic rings. The number of carbonyl (C=O) groups excluding carboxylic acids is 2. The number of nitrogen functional groups attached to an aromatic ring is 1. The van der Waals surface area contributed by atoms with Crippen molar-refractivity contribution in [1.82, 2.24) is 10.6 Å². The number of urea groups is 1. The molecule has 0 saturated heterocycles. The fraction of sp³-hybridized carbons (Fsp3) is 0.118. The van der Waals surface area contributed by atoms with Gasteiger partial charge in [0, 0.05) is 6.54 Å². The first-order chi connectivity index (χ1) is 11.8. The number of hydrogen-bond donors (Lipinski definition) is 4. The highest BCUT2D eigenvalue weighted by Gasteiger charge is 2.18. The number of rotatable bonds is 4. The fourth-order valence-corrected chi connectivity index (χ4v) is 2.17. The summed E-state index contributed by atoms with van der Waals surface area (Å²) < 4.78 is 13.2. The van der Waals surface area contributed by atoms with Crippen molar-refractivity contribution in [2.24, 2.45) is 0 Å². The van der Waals surface area contributed by atoms with Gasteiger partial charge in [0.2, 0.25) is 0 Å². The van der Waals surface area contributed by atoms with Crippen molar-refractivity contribution in [3.8, 4) is 0 Å². The summed E-state index contributed by atoms with van der Waals surface area (Å²) in [5.41, 5.74) is 6.40. The minimum absolute atomic E-state index is 0.0212. The highest BCUT2D eigenvalue weighted by atomic mass is 19.1. The van der Waals surface area contributed by atoms with Gasteiger partial charge in [-0.3, -0.25) is 10.1 Å². The number of anilines is 1. The number of halogens is 1. The lowest BCUT2D eigenvalue weighted by atomic mass is 10.1. The van der Waals surface area contributed by atoms with E-state index in [1.54, 1.807) is 13.0 Å². The van der Waals surface area contributed by atoms with E-state index >= 15 is 0 Å². The molecule has 0 radical (unpaired) electrons. The molecule has 130 valence electrons. The van der Waals surface area contributed by atoms with Crippen LogP contribution in [0.15, 0.2) is 36.4 Å². The molecule has 7 nitrogen and oxygen atoms in total. The minimum atomic E-state index is -1.28. The van der Waals surface area contributed by atoms with E-state index < -0.39 is 23.7 Å². The third kappa shape index (κ3) is 4.31. The number of carbonyl (C=O) groups is 3. The molecular formula is C17H16FN3O4. The maximum Gasteiger partial charge on any atom is 0.337 e. The van der Waals surface area contributed by atoms with Crippen molar-refractivity contribution in [2.45, 2.75) is 13.5 Å². The van der Waals surface area contributed by atoms with Crippen LogP contribution >= 0.6 is 0 Å². The third-order valence-electron chi connectivity index (χ3n) is 3.56. The van der Waals surface area contributed by atoms with Crippen LogP contribution in [0.25, 0.3) is 0 Å². The number of amides is 3. The number of nitrogens with one attached hydrogen (secondary N) is 2. The van der Waals surface area contributed by atoms with Gasteiger partial charge in [0.1, 0.15) is 5.82 Å². The average molecular weight is 345 g/mol. The number of hydrogen-bond acceptors (Lipinski definition) is 4. The highest BCUT2D eigenvalue weighted by molar-refractivity contribution is 6.10. The molecule has 0 unspecified atom stereocenters. The fourth-order valence-electron chi connectivity index (χ4n) is 2.17. The zero-order chi connectivity index (χ0) is 18.6. The predicted molar refractivity (Wildman–Crippen MR) is 88.7 cm³/mol. The number of carboxylic acid groups (broad SMARTS) is 1. The van der Waals surface area contributed by atoms with Crippen LogP contribution in [0.4, 0.5) is 14.9 Å². The Kier molecular flexibility index (Phi) is 5.33.